The van der Waals surface area contributed by atoms with E-state index in [1.165, 1.54) is 0 Å². The van der Waals surface area contributed by atoms with Crippen LogP contribution < -0.4 is 4.74 Å². The van der Waals surface area contributed by atoms with Gasteiger partial charge in [0.1, 0.15) is 5.75 Å². The molecule has 3 rings (SSSR count). The second kappa shape index (κ2) is 4.96. The number of amides is 1. The van der Waals surface area contributed by atoms with Gasteiger partial charge in [-0.2, -0.15) is 0 Å². The maximum absolute atomic E-state index is 12.5. The Labute approximate surface area is 118 Å². The largest absolute Gasteiger partial charge is 0.494 e. The third-order valence-electron chi connectivity index (χ3n) is 3.63. The van der Waals surface area contributed by atoms with Crippen LogP contribution in [0.15, 0.2) is 36.5 Å². The van der Waals surface area contributed by atoms with Crippen molar-refractivity contribution < 1.29 is 9.53 Å². The summed E-state index contributed by atoms with van der Waals surface area (Å²) in [5.74, 6) is 0.840. The number of ether oxygens (including phenoxy) is 1. The summed E-state index contributed by atoms with van der Waals surface area (Å²) < 4.78 is 5.42. The molecule has 0 fully saturated rings. The summed E-state index contributed by atoms with van der Waals surface area (Å²) in [7, 11) is 1.64. The topological polar surface area (TPSA) is 42.4 Å². The Morgan fingerprint density at radius 3 is 2.70 bits per heavy atom. The van der Waals surface area contributed by atoms with E-state index < -0.39 is 0 Å². The average molecular weight is 268 g/mol. The molecule has 4 heteroatoms. The van der Waals surface area contributed by atoms with Crippen LogP contribution in [0.4, 0.5) is 0 Å². The standard InChI is InChI=1S/C16H16N2O2/c1-11-15(20-2)14-10-18(9-13(14)8-17-11)16(19)12-6-4-3-5-7-12/h3-8H,9-10H2,1-2H3. The molecule has 0 aliphatic carbocycles. The first-order valence-electron chi connectivity index (χ1n) is 6.56. The van der Waals surface area contributed by atoms with Crippen molar-refractivity contribution in [2.75, 3.05) is 7.11 Å². The molecule has 0 spiro atoms. The first-order valence-corrected chi connectivity index (χ1v) is 6.56. The van der Waals surface area contributed by atoms with Gasteiger partial charge in [-0.1, -0.05) is 18.2 Å². The van der Waals surface area contributed by atoms with Crippen molar-refractivity contribution in [1.29, 1.82) is 0 Å². The molecule has 1 aromatic heterocycles. The Hall–Kier alpha value is -2.36. The van der Waals surface area contributed by atoms with Gasteiger partial charge < -0.3 is 9.64 Å². The van der Waals surface area contributed by atoms with E-state index in [-0.39, 0.29) is 5.91 Å². The van der Waals surface area contributed by atoms with Crippen LogP contribution in [-0.2, 0) is 13.1 Å². The van der Waals surface area contributed by atoms with E-state index in [2.05, 4.69) is 4.98 Å². The fourth-order valence-corrected chi connectivity index (χ4v) is 2.62. The zero-order valence-electron chi connectivity index (χ0n) is 11.6. The average Bonchev–Trinajstić information content (AvgIpc) is 2.91. The van der Waals surface area contributed by atoms with Gasteiger partial charge in [0.2, 0.25) is 0 Å². The van der Waals surface area contributed by atoms with Crippen LogP contribution >= 0.6 is 0 Å². The molecule has 0 unspecified atom stereocenters. The van der Waals surface area contributed by atoms with E-state index in [4.69, 9.17) is 4.74 Å². The van der Waals surface area contributed by atoms with Crippen LogP contribution in [0.1, 0.15) is 27.2 Å². The van der Waals surface area contributed by atoms with Gasteiger partial charge in [0.15, 0.2) is 0 Å². The predicted molar refractivity (Wildman–Crippen MR) is 75.5 cm³/mol. The number of carbonyl (C=O) groups excluding carboxylic acids is 1. The number of benzene rings is 1. The number of aryl methyl sites for hydroxylation is 1. The van der Waals surface area contributed by atoms with Gasteiger partial charge >= 0.3 is 0 Å². The molecule has 0 atom stereocenters. The van der Waals surface area contributed by atoms with E-state index in [0.29, 0.717) is 18.7 Å². The van der Waals surface area contributed by atoms with Crippen LogP contribution in [0, 0.1) is 6.92 Å². The van der Waals surface area contributed by atoms with E-state index in [1.54, 1.807) is 7.11 Å². The van der Waals surface area contributed by atoms with Crippen molar-refractivity contribution in [1.82, 2.24) is 9.88 Å². The first kappa shape index (κ1) is 12.7. The van der Waals surface area contributed by atoms with Crippen molar-refractivity contribution in [3.8, 4) is 5.75 Å². The minimum atomic E-state index is 0.0431. The minimum absolute atomic E-state index is 0.0431. The SMILES string of the molecule is COc1c(C)ncc2c1CN(C(=O)c1ccccc1)C2. The zero-order valence-corrected chi connectivity index (χ0v) is 11.6. The number of carbonyl (C=O) groups is 1. The van der Waals surface area contributed by atoms with Crippen molar-refractivity contribution in [3.63, 3.8) is 0 Å². The highest BCUT2D eigenvalue weighted by atomic mass is 16.5. The monoisotopic (exact) mass is 268 g/mol. The summed E-state index contributed by atoms with van der Waals surface area (Å²) >= 11 is 0. The molecule has 0 bridgehead atoms. The number of fused-ring (bicyclic) bond motifs is 1. The van der Waals surface area contributed by atoms with Gasteiger partial charge in [0, 0.05) is 23.9 Å². The lowest BCUT2D eigenvalue weighted by Crippen LogP contribution is -2.25. The molecule has 4 nitrogen and oxygen atoms in total. The molecule has 0 saturated carbocycles. The lowest BCUT2D eigenvalue weighted by atomic mass is 10.1. The predicted octanol–water partition coefficient (Wildman–Crippen LogP) is 2.55. The van der Waals surface area contributed by atoms with Gasteiger partial charge in [-0.15, -0.1) is 0 Å². The van der Waals surface area contributed by atoms with E-state index in [9.17, 15) is 4.79 Å². The van der Waals surface area contributed by atoms with Crippen molar-refractivity contribution in [2.45, 2.75) is 20.0 Å². The summed E-state index contributed by atoms with van der Waals surface area (Å²) in [5.41, 5.74) is 3.71. The number of methoxy groups -OCH3 is 1. The Morgan fingerprint density at radius 1 is 1.25 bits per heavy atom. The molecule has 1 aliphatic heterocycles. The Bertz CT molecular complexity index is 653. The second-order valence-corrected chi connectivity index (χ2v) is 4.91. The summed E-state index contributed by atoms with van der Waals surface area (Å²) in [4.78, 5) is 18.6. The number of hydrogen-bond donors (Lipinski definition) is 0. The van der Waals surface area contributed by atoms with E-state index in [1.807, 2.05) is 48.4 Å². The van der Waals surface area contributed by atoms with Gasteiger partial charge in [0.25, 0.3) is 5.91 Å². The molecule has 0 radical (unpaired) electrons. The van der Waals surface area contributed by atoms with Crippen LogP contribution in [0.3, 0.4) is 0 Å². The molecule has 1 aromatic carbocycles. The number of pyridine rings is 1. The fraction of sp³-hybridized carbons (Fsp3) is 0.250. The maximum atomic E-state index is 12.5. The summed E-state index contributed by atoms with van der Waals surface area (Å²) in [6, 6.07) is 9.34. The van der Waals surface area contributed by atoms with Crippen LogP contribution in [0.2, 0.25) is 0 Å². The highest BCUT2D eigenvalue weighted by Gasteiger charge is 2.27. The number of aromatic nitrogens is 1. The Balaban J connectivity index is 1.89. The fourth-order valence-electron chi connectivity index (χ4n) is 2.62. The maximum Gasteiger partial charge on any atom is 0.254 e. The number of nitrogens with zero attached hydrogens (tertiary/aromatic N) is 2. The molecule has 102 valence electrons. The Kier molecular flexibility index (Phi) is 3.14. The third-order valence-corrected chi connectivity index (χ3v) is 3.63. The molecule has 0 saturated heterocycles. The van der Waals surface area contributed by atoms with E-state index >= 15 is 0 Å². The second-order valence-electron chi connectivity index (χ2n) is 4.91. The summed E-state index contributed by atoms with van der Waals surface area (Å²) in [5, 5.41) is 0. The molecule has 2 aromatic rings. The van der Waals surface area contributed by atoms with Crippen molar-refractivity contribution in [2.24, 2.45) is 0 Å². The van der Waals surface area contributed by atoms with Gasteiger partial charge in [-0.05, 0) is 24.6 Å². The zero-order chi connectivity index (χ0) is 14.1. The molecular weight excluding hydrogens is 252 g/mol. The Morgan fingerprint density at radius 2 is 2.00 bits per heavy atom. The molecule has 2 heterocycles. The quantitative estimate of drug-likeness (QED) is 0.840. The van der Waals surface area contributed by atoms with Crippen LogP contribution in [-0.4, -0.2) is 22.9 Å². The minimum Gasteiger partial charge on any atom is -0.494 e. The van der Waals surface area contributed by atoms with Gasteiger partial charge in [-0.25, -0.2) is 0 Å². The normalized spacial score (nSPS) is 13.2. The third kappa shape index (κ3) is 2.03. The number of hydrogen-bond acceptors (Lipinski definition) is 3. The molecular formula is C16H16N2O2. The van der Waals surface area contributed by atoms with Gasteiger partial charge in [-0.3, -0.25) is 9.78 Å². The van der Waals surface area contributed by atoms with Crippen LogP contribution in [0.25, 0.3) is 0 Å². The van der Waals surface area contributed by atoms with Gasteiger partial charge in [0.05, 0.1) is 19.3 Å². The molecule has 0 N–H and O–H groups in total. The smallest absolute Gasteiger partial charge is 0.254 e. The molecule has 1 aliphatic rings. The lowest BCUT2D eigenvalue weighted by molar-refractivity contribution is 0.0751. The molecule has 20 heavy (non-hydrogen) atoms. The summed E-state index contributed by atoms with van der Waals surface area (Å²) in [6.07, 6.45) is 1.84. The highest BCUT2D eigenvalue weighted by molar-refractivity contribution is 5.94. The van der Waals surface area contributed by atoms with Crippen LogP contribution in [0.5, 0.6) is 5.75 Å². The highest BCUT2D eigenvalue weighted by Crippen LogP contribution is 2.32. The molecule has 1 amide bonds. The number of rotatable bonds is 2. The van der Waals surface area contributed by atoms with Crippen molar-refractivity contribution >= 4 is 5.91 Å². The summed E-state index contributed by atoms with van der Waals surface area (Å²) in [6.45, 7) is 3.09. The van der Waals surface area contributed by atoms with E-state index in [0.717, 1.165) is 22.6 Å². The first-order chi connectivity index (χ1) is 9.70. The van der Waals surface area contributed by atoms with Crippen molar-refractivity contribution in [3.05, 3.63) is 58.9 Å². The lowest BCUT2D eigenvalue weighted by Gasteiger charge is -2.15.